The van der Waals surface area contributed by atoms with Crippen molar-refractivity contribution < 1.29 is 19.4 Å². The lowest BCUT2D eigenvalue weighted by Crippen LogP contribution is -2.47. The number of amidine groups is 1. The predicted octanol–water partition coefficient (Wildman–Crippen LogP) is 2.15. The number of amides is 1. The van der Waals surface area contributed by atoms with Crippen LogP contribution in [-0.2, 0) is 32.7 Å². The quantitative estimate of drug-likeness (QED) is 0.723. The SMILES string of the molecule is Cc1ccc2c(n1)C1(CCN(C3=NC(=O)C4(Cc5ccccc5C4)O3)CC1)OC2O. The molecule has 1 aromatic carbocycles. The van der Waals surface area contributed by atoms with Crippen LogP contribution in [0.5, 0.6) is 0 Å². The highest BCUT2D eigenvalue weighted by Crippen LogP contribution is 2.48. The molecule has 6 rings (SSSR count). The molecular formula is C23H23N3O4. The van der Waals surface area contributed by atoms with E-state index < -0.39 is 17.5 Å². The molecule has 4 aliphatic rings. The second-order valence-electron chi connectivity index (χ2n) is 8.76. The molecule has 0 radical (unpaired) electrons. The molecule has 154 valence electrons. The predicted molar refractivity (Wildman–Crippen MR) is 108 cm³/mol. The fourth-order valence-electron chi connectivity index (χ4n) is 5.25. The van der Waals surface area contributed by atoms with Crippen LogP contribution in [0.4, 0.5) is 0 Å². The number of nitrogens with zero attached hydrogens (tertiary/aromatic N) is 3. The first-order valence-electron chi connectivity index (χ1n) is 10.5. The van der Waals surface area contributed by atoms with E-state index in [0.717, 1.165) is 28.1 Å². The topological polar surface area (TPSA) is 84.3 Å². The van der Waals surface area contributed by atoms with Crippen LogP contribution in [0, 0.1) is 6.92 Å². The van der Waals surface area contributed by atoms with Gasteiger partial charge < -0.3 is 19.5 Å². The highest BCUT2D eigenvalue weighted by molar-refractivity contribution is 6.02. The largest absolute Gasteiger partial charge is 0.447 e. The van der Waals surface area contributed by atoms with Gasteiger partial charge in [-0.3, -0.25) is 9.78 Å². The Hall–Kier alpha value is -2.77. The molecule has 1 aliphatic carbocycles. The molecule has 3 aliphatic heterocycles. The molecule has 1 aromatic heterocycles. The molecule has 4 heterocycles. The van der Waals surface area contributed by atoms with Crippen molar-refractivity contribution in [3.05, 3.63) is 64.5 Å². The molecule has 2 spiro atoms. The van der Waals surface area contributed by atoms with Crippen molar-refractivity contribution in [2.75, 3.05) is 13.1 Å². The number of rotatable bonds is 0. The number of benzene rings is 1. The lowest BCUT2D eigenvalue weighted by atomic mass is 9.87. The maximum absolute atomic E-state index is 12.8. The summed E-state index contributed by atoms with van der Waals surface area (Å²) >= 11 is 0. The molecule has 2 aromatic rings. The fourth-order valence-corrected chi connectivity index (χ4v) is 5.25. The molecule has 1 atom stereocenters. The van der Waals surface area contributed by atoms with E-state index in [0.29, 0.717) is 44.8 Å². The van der Waals surface area contributed by atoms with Crippen molar-refractivity contribution in [1.82, 2.24) is 9.88 Å². The lowest BCUT2D eigenvalue weighted by molar-refractivity contribution is -0.187. The van der Waals surface area contributed by atoms with Crippen molar-refractivity contribution >= 4 is 11.9 Å². The summed E-state index contributed by atoms with van der Waals surface area (Å²) < 4.78 is 12.2. The Morgan fingerprint density at radius 3 is 2.47 bits per heavy atom. The standard InChI is InChI=1S/C23H23N3O4/c1-14-6-7-17-18(24-14)22(29-19(17)27)8-10-26(11-9-22)21-25-20(28)23(30-21)12-15-4-2-3-5-16(15)13-23/h2-7,19,27H,8-13H2,1H3. The summed E-state index contributed by atoms with van der Waals surface area (Å²) in [7, 11) is 0. The van der Waals surface area contributed by atoms with Crippen molar-refractivity contribution in [2.45, 2.75) is 50.1 Å². The fraction of sp³-hybridized carbons (Fsp3) is 0.435. The Morgan fingerprint density at radius 2 is 1.77 bits per heavy atom. The first-order chi connectivity index (χ1) is 14.5. The van der Waals surface area contributed by atoms with Crippen LogP contribution in [0.2, 0.25) is 0 Å². The van der Waals surface area contributed by atoms with Gasteiger partial charge in [0, 0.05) is 50.0 Å². The zero-order valence-corrected chi connectivity index (χ0v) is 16.8. The summed E-state index contributed by atoms with van der Waals surface area (Å²) in [5.41, 5.74) is 3.33. The normalized spacial score (nSPS) is 25.4. The highest BCUT2D eigenvalue weighted by atomic mass is 16.6. The lowest BCUT2D eigenvalue weighted by Gasteiger charge is -2.39. The number of hydrogen-bond acceptors (Lipinski definition) is 6. The van der Waals surface area contributed by atoms with Crippen LogP contribution < -0.4 is 0 Å². The summed E-state index contributed by atoms with van der Waals surface area (Å²) in [4.78, 5) is 23.8. The zero-order valence-electron chi connectivity index (χ0n) is 16.8. The van der Waals surface area contributed by atoms with Gasteiger partial charge in [-0.25, -0.2) is 0 Å². The number of aliphatic imine (C=N–C) groups is 1. The molecular weight excluding hydrogens is 382 g/mol. The van der Waals surface area contributed by atoms with Gasteiger partial charge in [-0.15, -0.1) is 0 Å². The van der Waals surface area contributed by atoms with Crippen molar-refractivity contribution in [3.63, 3.8) is 0 Å². The van der Waals surface area contributed by atoms with E-state index in [4.69, 9.17) is 9.47 Å². The number of ether oxygens (including phenoxy) is 2. The van der Waals surface area contributed by atoms with Gasteiger partial charge in [0.2, 0.25) is 5.60 Å². The van der Waals surface area contributed by atoms with Gasteiger partial charge in [-0.1, -0.05) is 30.3 Å². The zero-order chi connectivity index (χ0) is 20.5. The highest BCUT2D eigenvalue weighted by Gasteiger charge is 2.53. The molecule has 7 heteroatoms. The van der Waals surface area contributed by atoms with Crippen molar-refractivity contribution in [2.24, 2.45) is 4.99 Å². The number of carbonyl (C=O) groups excluding carboxylic acids is 1. The van der Waals surface area contributed by atoms with E-state index in [1.807, 2.05) is 36.1 Å². The average Bonchev–Trinajstić information content (AvgIpc) is 3.35. The minimum atomic E-state index is -0.943. The summed E-state index contributed by atoms with van der Waals surface area (Å²) in [5.74, 6) is -0.191. The summed E-state index contributed by atoms with van der Waals surface area (Å²) in [6.45, 7) is 3.19. The summed E-state index contributed by atoms with van der Waals surface area (Å²) in [6.07, 6.45) is 1.49. The van der Waals surface area contributed by atoms with E-state index in [9.17, 15) is 9.90 Å². The Balaban J connectivity index is 1.20. The first kappa shape index (κ1) is 18.0. The van der Waals surface area contributed by atoms with E-state index in [-0.39, 0.29) is 5.91 Å². The van der Waals surface area contributed by atoms with E-state index in [2.05, 4.69) is 22.1 Å². The minimum absolute atomic E-state index is 0.191. The first-order valence-corrected chi connectivity index (χ1v) is 10.5. The van der Waals surface area contributed by atoms with Crippen LogP contribution in [0.1, 0.15) is 47.2 Å². The Morgan fingerprint density at radius 1 is 1.07 bits per heavy atom. The van der Waals surface area contributed by atoms with Crippen LogP contribution in [-0.4, -0.2) is 45.6 Å². The number of piperidine rings is 1. The minimum Gasteiger partial charge on any atom is -0.447 e. The second-order valence-corrected chi connectivity index (χ2v) is 8.76. The Bertz CT molecular complexity index is 1060. The molecule has 1 saturated heterocycles. The van der Waals surface area contributed by atoms with Gasteiger partial charge in [-0.05, 0) is 24.1 Å². The molecule has 30 heavy (non-hydrogen) atoms. The van der Waals surface area contributed by atoms with E-state index >= 15 is 0 Å². The van der Waals surface area contributed by atoms with Crippen molar-refractivity contribution in [3.8, 4) is 0 Å². The molecule has 1 fully saturated rings. The monoisotopic (exact) mass is 405 g/mol. The molecule has 7 nitrogen and oxygen atoms in total. The van der Waals surface area contributed by atoms with E-state index in [1.54, 1.807) is 0 Å². The van der Waals surface area contributed by atoms with Gasteiger partial charge in [-0.2, -0.15) is 4.99 Å². The van der Waals surface area contributed by atoms with Crippen LogP contribution >= 0.6 is 0 Å². The third kappa shape index (κ3) is 2.48. The summed E-state index contributed by atoms with van der Waals surface area (Å²) in [6, 6.07) is 12.3. The van der Waals surface area contributed by atoms with E-state index in [1.165, 1.54) is 0 Å². The van der Waals surface area contributed by atoms with Gasteiger partial charge in [0.25, 0.3) is 11.9 Å². The molecule has 1 N–H and O–H groups in total. The Labute approximate surface area is 174 Å². The summed E-state index contributed by atoms with van der Waals surface area (Å²) in [5, 5.41) is 10.4. The number of aryl methyl sites for hydroxylation is 1. The number of fused-ring (bicyclic) bond motifs is 3. The van der Waals surface area contributed by atoms with Gasteiger partial charge >= 0.3 is 0 Å². The smallest absolute Gasteiger partial charge is 0.296 e. The molecule has 1 unspecified atom stereocenters. The van der Waals surface area contributed by atoms with Gasteiger partial charge in [0.05, 0.1) is 5.69 Å². The average molecular weight is 405 g/mol. The number of hydrogen-bond donors (Lipinski definition) is 1. The third-order valence-corrected chi connectivity index (χ3v) is 6.89. The van der Waals surface area contributed by atoms with Gasteiger partial charge in [0.1, 0.15) is 5.60 Å². The molecule has 0 bridgehead atoms. The van der Waals surface area contributed by atoms with Crippen LogP contribution in [0.3, 0.4) is 0 Å². The second kappa shape index (κ2) is 6.12. The van der Waals surface area contributed by atoms with Crippen LogP contribution in [0.25, 0.3) is 0 Å². The number of likely N-dealkylation sites (tertiary alicyclic amines) is 1. The molecule has 0 saturated carbocycles. The number of pyridine rings is 1. The molecule has 1 amide bonds. The third-order valence-electron chi connectivity index (χ3n) is 6.89. The Kier molecular flexibility index (Phi) is 3.68. The number of aromatic nitrogens is 1. The maximum atomic E-state index is 12.8. The number of aliphatic hydroxyl groups excluding tert-OH is 1. The van der Waals surface area contributed by atoms with Crippen LogP contribution in [0.15, 0.2) is 41.4 Å². The number of carbonyl (C=O) groups is 1. The maximum Gasteiger partial charge on any atom is 0.296 e. The van der Waals surface area contributed by atoms with Crippen molar-refractivity contribution in [1.29, 1.82) is 0 Å². The number of aliphatic hydroxyl groups is 1. The van der Waals surface area contributed by atoms with Gasteiger partial charge in [0.15, 0.2) is 6.29 Å².